The minimum atomic E-state index is 0.0770. The molecule has 0 radical (unpaired) electrons. The predicted octanol–water partition coefficient (Wildman–Crippen LogP) is 2.72. The molecule has 1 aromatic rings. The number of hydrogen-bond acceptors (Lipinski definition) is 3. The summed E-state index contributed by atoms with van der Waals surface area (Å²) >= 11 is 3.50. The average Bonchev–Trinajstić information content (AvgIpc) is 2.34. The number of aliphatic hydroxyl groups is 1. The first-order chi connectivity index (χ1) is 8.58. The van der Waals surface area contributed by atoms with Crippen LogP contribution in [-0.4, -0.2) is 43.7 Å². The summed E-state index contributed by atoms with van der Waals surface area (Å²) in [5, 5.41) is 9.16. The monoisotopic (exact) mass is 314 g/mol. The second kappa shape index (κ2) is 7.77. The summed E-state index contributed by atoms with van der Waals surface area (Å²) in [7, 11) is 4.20. The third kappa shape index (κ3) is 4.59. The van der Waals surface area contributed by atoms with E-state index in [4.69, 9.17) is 5.11 Å². The van der Waals surface area contributed by atoms with Crippen molar-refractivity contribution in [1.29, 1.82) is 0 Å². The molecule has 1 N–H and O–H groups in total. The van der Waals surface area contributed by atoms with Gasteiger partial charge in [-0.15, -0.1) is 0 Å². The highest BCUT2D eigenvalue weighted by atomic mass is 79.9. The van der Waals surface area contributed by atoms with Crippen LogP contribution >= 0.6 is 15.9 Å². The largest absolute Gasteiger partial charge is 0.392 e. The normalized spacial score (nSPS) is 11.0. The van der Waals surface area contributed by atoms with E-state index in [0.29, 0.717) is 0 Å². The van der Waals surface area contributed by atoms with Crippen LogP contribution in [0.4, 0.5) is 5.69 Å². The molecule has 0 aliphatic rings. The Labute approximate surface area is 119 Å². The molecule has 0 spiro atoms. The molecule has 1 aromatic carbocycles. The third-order valence-corrected chi connectivity index (χ3v) is 3.73. The summed E-state index contributed by atoms with van der Waals surface area (Å²) in [4.78, 5) is 4.56. The summed E-state index contributed by atoms with van der Waals surface area (Å²) in [6, 6.07) is 6.15. The van der Waals surface area contributed by atoms with E-state index in [-0.39, 0.29) is 6.61 Å². The standard InChI is InChI=1S/C14H23BrN2O/c1-4-17(9-5-8-16(2)3)13-7-6-12(11-18)14(15)10-13/h6-7,10,18H,4-5,8-9,11H2,1-3H3. The number of rotatable bonds is 7. The van der Waals surface area contributed by atoms with Gasteiger partial charge in [0.2, 0.25) is 0 Å². The van der Waals surface area contributed by atoms with Crippen LogP contribution in [0.3, 0.4) is 0 Å². The van der Waals surface area contributed by atoms with E-state index in [9.17, 15) is 0 Å². The van der Waals surface area contributed by atoms with Crippen LogP contribution in [0.5, 0.6) is 0 Å². The number of aliphatic hydroxyl groups excluding tert-OH is 1. The molecule has 0 aliphatic carbocycles. The third-order valence-electron chi connectivity index (χ3n) is 2.99. The fourth-order valence-corrected chi connectivity index (χ4v) is 2.40. The molecule has 0 heterocycles. The Morgan fingerprint density at radius 2 is 1.94 bits per heavy atom. The lowest BCUT2D eigenvalue weighted by Gasteiger charge is -2.24. The molecule has 0 aliphatic heterocycles. The highest BCUT2D eigenvalue weighted by Gasteiger charge is 2.07. The first-order valence-corrected chi connectivity index (χ1v) is 7.16. The molecular weight excluding hydrogens is 292 g/mol. The van der Waals surface area contributed by atoms with Gasteiger partial charge in [-0.1, -0.05) is 22.0 Å². The minimum absolute atomic E-state index is 0.0770. The van der Waals surface area contributed by atoms with Crippen molar-refractivity contribution in [3.63, 3.8) is 0 Å². The number of nitrogens with zero attached hydrogens (tertiary/aromatic N) is 2. The van der Waals surface area contributed by atoms with E-state index in [2.05, 4.69) is 58.9 Å². The van der Waals surface area contributed by atoms with Crippen molar-refractivity contribution in [2.45, 2.75) is 20.0 Å². The van der Waals surface area contributed by atoms with Crippen molar-refractivity contribution >= 4 is 21.6 Å². The Morgan fingerprint density at radius 3 is 2.44 bits per heavy atom. The molecule has 102 valence electrons. The van der Waals surface area contributed by atoms with E-state index in [1.165, 1.54) is 5.69 Å². The van der Waals surface area contributed by atoms with E-state index in [0.717, 1.165) is 36.1 Å². The van der Waals surface area contributed by atoms with Crippen LogP contribution in [0.15, 0.2) is 22.7 Å². The Balaban J connectivity index is 2.67. The zero-order valence-corrected chi connectivity index (χ0v) is 13.1. The van der Waals surface area contributed by atoms with Gasteiger partial charge in [0.05, 0.1) is 6.61 Å². The maximum absolute atomic E-state index is 9.16. The van der Waals surface area contributed by atoms with Crippen molar-refractivity contribution < 1.29 is 5.11 Å². The van der Waals surface area contributed by atoms with E-state index < -0.39 is 0 Å². The zero-order chi connectivity index (χ0) is 13.5. The molecule has 18 heavy (non-hydrogen) atoms. The Hall–Kier alpha value is -0.580. The molecule has 0 saturated heterocycles. The van der Waals surface area contributed by atoms with Gasteiger partial charge in [-0.2, -0.15) is 0 Å². The van der Waals surface area contributed by atoms with Crippen LogP contribution in [0.25, 0.3) is 0 Å². The molecule has 0 saturated carbocycles. The second-order valence-electron chi connectivity index (χ2n) is 4.67. The lowest BCUT2D eigenvalue weighted by Crippen LogP contribution is -2.27. The van der Waals surface area contributed by atoms with Crippen molar-refractivity contribution in [3.8, 4) is 0 Å². The fourth-order valence-electron chi connectivity index (χ4n) is 1.91. The Kier molecular flexibility index (Phi) is 6.68. The summed E-state index contributed by atoms with van der Waals surface area (Å²) < 4.78 is 0.980. The number of anilines is 1. The van der Waals surface area contributed by atoms with Gasteiger partial charge >= 0.3 is 0 Å². The van der Waals surface area contributed by atoms with Gasteiger partial charge in [0.15, 0.2) is 0 Å². The van der Waals surface area contributed by atoms with E-state index in [1.54, 1.807) is 0 Å². The van der Waals surface area contributed by atoms with Gasteiger partial charge in [-0.3, -0.25) is 0 Å². The molecule has 1 rings (SSSR count). The molecule has 0 aromatic heterocycles. The smallest absolute Gasteiger partial charge is 0.0692 e. The topological polar surface area (TPSA) is 26.7 Å². The number of benzene rings is 1. The summed E-state index contributed by atoms with van der Waals surface area (Å²) in [5.74, 6) is 0. The van der Waals surface area contributed by atoms with Gasteiger partial charge in [-0.25, -0.2) is 0 Å². The highest BCUT2D eigenvalue weighted by Crippen LogP contribution is 2.24. The van der Waals surface area contributed by atoms with E-state index in [1.807, 2.05) is 6.07 Å². The second-order valence-corrected chi connectivity index (χ2v) is 5.52. The molecule has 0 unspecified atom stereocenters. The molecule has 4 heteroatoms. The van der Waals surface area contributed by atoms with Crippen LogP contribution in [-0.2, 0) is 6.61 Å². The van der Waals surface area contributed by atoms with Crippen LogP contribution in [0.2, 0.25) is 0 Å². The molecule has 0 bridgehead atoms. The first-order valence-electron chi connectivity index (χ1n) is 6.37. The van der Waals surface area contributed by atoms with Gasteiger partial charge in [0, 0.05) is 23.2 Å². The molecular formula is C14H23BrN2O. The zero-order valence-electron chi connectivity index (χ0n) is 11.5. The number of halogens is 1. The highest BCUT2D eigenvalue weighted by molar-refractivity contribution is 9.10. The quantitative estimate of drug-likeness (QED) is 0.838. The van der Waals surface area contributed by atoms with E-state index >= 15 is 0 Å². The summed E-state index contributed by atoms with van der Waals surface area (Å²) in [5.41, 5.74) is 2.14. The number of hydrogen-bond donors (Lipinski definition) is 1. The van der Waals surface area contributed by atoms with Gasteiger partial charge < -0.3 is 14.9 Å². The molecule has 0 atom stereocenters. The average molecular weight is 315 g/mol. The maximum atomic E-state index is 9.16. The van der Waals surface area contributed by atoms with Crippen molar-refractivity contribution in [2.75, 3.05) is 38.6 Å². The maximum Gasteiger partial charge on any atom is 0.0692 e. The van der Waals surface area contributed by atoms with Crippen molar-refractivity contribution in [2.24, 2.45) is 0 Å². The SMILES string of the molecule is CCN(CCCN(C)C)c1ccc(CO)c(Br)c1. The van der Waals surface area contributed by atoms with Crippen molar-refractivity contribution in [1.82, 2.24) is 4.90 Å². The lowest BCUT2D eigenvalue weighted by atomic mass is 10.2. The minimum Gasteiger partial charge on any atom is -0.392 e. The fraction of sp³-hybridized carbons (Fsp3) is 0.571. The molecule has 0 fully saturated rings. The van der Waals surface area contributed by atoms with Crippen molar-refractivity contribution in [3.05, 3.63) is 28.2 Å². The van der Waals surface area contributed by atoms with Crippen LogP contribution in [0, 0.1) is 0 Å². The molecule has 0 amide bonds. The Morgan fingerprint density at radius 1 is 1.22 bits per heavy atom. The summed E-state index contributed by atoms with van der Waals surface area (Å²) in [6.45, 7) is 5.40. The lowest BCUT2D eigenvalue weighted by molar-refractivity contribution is 0.281. The predicted molar refractivity (Wildman–Crippen MR) is 81.1 cm³/mol. The Bertz CT molecular complexity index is 369. The van der Waals surface area contributed by atoms with Crippen LogP contribution in [0.1, 0.15) is 18.9 Å². The first kappa shape index (κ1) is 15.5. The van der Waals surface area contributed by atoms with Gasteiger partial charge in [0.25, 0.3) is 0 Å². The van der Waals surface area contributed by atoms with Crippen LogP contribution < -0.4 is 4.90 Å². The van der Waals surface area contributed by atoms with Gasteiger partial charge in [-0.05, 0) is 51.7 Å². The van der Waals surface area contributed by atoms with Gasteiger partial charge in [0.1, 0.15) is 0 Å². The molecule has 3 nitrogen and oxygen atoms in total. The summed E-state index contributed by atoms with van der Waals surface area (Å²) in [6.07, 6.45) is 1.15.